The molecule has 0 bridgehead atoms. The molecule has 0 saturated heterocycles. The fourth-order valence-electron chi connectivity index (χ4n) is 0.965. The molecule has 0 heterocycles. The van der Waals surface area contributed by atoms with Gasteiger partial charge in [0.2, 0.25) is 0 Å². The van der Waals surface area contributed by atoms with Crippen LogP contribution in [-0.2, 0) is 9.53 Å². The Morgan fingerprint density at radius 2 is 2.06 bits per heavy atom. The molecule has 0 fully saturated rings. The monoisotopic (exact) mass is 237 g/mol. The fraction of sp³-hybridized carbons (Fsp3) is 0.273. The Morgan fingerprint density at radius 1 is 1.31 bits per heavy atom. The van der Waals surface area contributed by atoms with Gasteiger partial charge < -0.3 is 9.47 Å². The number of esters is 1. The van der Waals surface area contributed by atoms with Gasteiger partial charge in [0.05, 0.1) is 0 Å². The smallest absolute Gasteiger partial charge is 0.317 e. The molecule has 0 atom stereocenters. The van der Waals surface area contributed by atoms with Crippen molar-refractivity contribution >= 4 is 17.7 Å². The van der Waals surface area contributed by atoms with E-state index in [1.807, 2.05) is 30.3 Å². The van der Waals surface area contributed by atoms with Crippen LogP contribution in [0.2, 0.25) is 0 Å². The summed E-state index contributed by atoms with van der Waals surface area (Å²) in [6, 6.07) is 9.28. The number of thioether (sulfide) groups is 1. The third-order valence-electron chi connectivity index (χ3n) is 1.61. The fourth-order valence-corrected chi connectivity index (χ4v) is 1.23. The first-order valence-electron chi connectivity index (χ1n) is 4.67. The van der Waals surface area contributed by atoms with E-state index < -0.39 is 5.97 Å². The Kier molecular flexibility index (Phi) is 5.89. The summed E-state index contributed by atoms with van der Waals surface area (Å²) in [5.74, 6) is 0.398. The zero-order valence-corrected chi connectivity index (χ0v) is 9.40. The Labute approximate surface area is 98.2 Å². The van der Waals surface area contributed by atoms with E-state index in [1.54, 1.807) is 5.40 Å². The molecule has 0 unspecified atom stereocenters. The lowest BCUT2D eigenvalue weighted by Crippen LogP contribution is -2.13. The molecule has 0 N–H and O–H groups in total. The van der Waals surface area contributed by atoms with Gasteiger partial charge in [0.25, 0.3) is 0 Å². The number of hydrogen-bond acceptors (Lipinski definition) is 5. The van der Waals surface area contributed by atoms with Crippen LogP contribution in [0.4, 0.5) is 0 Å². The first kappa shape index (κ1) is 12.4. The number of rotatable bonds is 6. The molecule has 0 aliphatic carbocycles. The summed E-state index contributed by atoms with van der Waals surface area (Å²) < 4.78 is 10.1. The molecular formula is C11H11NO3S. The van der Waals surface area contributed by atoms with Gasteiger partial charge in [-0.25, -0.2) is 0 Å². The molecular weight excluding hydrogens is 226 g/mol. The normalized spacial score (nSPS) is 9.19. The topological polar surface area (TPSA) is 59.3 Å². The highest BCUT2D eigenvalue weighted by Gasteiger charge is 2.02. The van der Waals surface area contributed by atoms with Crippen LogP contribution in [0.25, 0.3) is 0 Å². The minimum Gasteiger partial charge on any atom is -0.490 e. The zero-order valence-electron chi connectivity index (χ0n) is 8.59. The molecule has 16 heavy (non-hydrogen) atoms. The molecule has 0 aliphatic heterocycles. The van der Waals surface area contributed by atoms with E-state index in [0.717, 1.165) is 17.5 Å². The molecule has 1 aromatic rings. The average Bonchev–Trinajstić information content (AvgIpc) is 2.33. The van der Waals surface area contributed by atoms with E-state index in [0.29, 0.717) is 6.61 Å². The van der Waals surface area contributed by atoms with Gasteiger partial charge in [0.15, 0.2) is 0 Å². The summed E-state index contributed by atoms with van der Waals surface area (Å²) in [6.07, 6.45) is 0. The predicted molar refractivity (Wildman–Crippen MR) is 61.0 cm³/mol. The summed E-state index contributed by atoms with van der Waals surface area (Å²) in [5.41, 5.74) is 0. The van der Waals surface area contributed by atoms with Crippen LogP contribution in [0.1, 0.15) is 0 Å². The summed E-state index contributed by atoms with van der Waals surface area (Å²) in [4.78, 5) is 11.0. The lowest BCUT2D eigenvalue weighted by atomic mass is 10.3. The Bertz CT molecular complexity index is 361. The number of thiocyanates is 1. The van der Waals surface area contributed by atoms with Gasteiger partial charge in [-0.1, -0.05) is 18.2 Å². The van der Waals surface area contributed by atoms with E-state index in [1.165, 1.54) is 0 Å². The van der Waals surface area contributed by atoms with Crippen LogP contribution in [0.15, 0.2) is 30.3 Å². The molecule has 0 aliphatic rings. The molecule has 84 valence electrons. The van der Waals surface area contributed by atoms with Crippen molar-refractivity contribution in [3.05, 3.63) is 30.3 Å². The first-order valence-corrected chi connectivity index (χ1v) is 5.66. The molecule has 0 amide bonds. The molecule has 0 saturated carbocycles. The maximum atomic E-state index is 11.0. The van der Waals surface area contributed by atoms with Gasteiger partial charge in [0.1, 0.15) is 30.1 Å². The van der Waals surface area contributed by atoms with Crippen molar-refractivity contribution in [2.45, 2.75) is 0 Å². The van der Waals surface area contributed by atoms with Crippen molar-refractivity contribution in [3.8, 4) is 11.2 Å². The van der Waals surface area contributed by atoms with Crippen LogP contribution in [-0.4, -0.2) is 24.9 Å². The largest absolute Gasteiger partial charge is 0.490 e. The van der Waals surface area contributed by atoms with E-state index in [9.17, 15) is 4.79 Å². The van der Waals surface area contributed by atoms with E-state index >= 15 is 0 Å². The maximum Gasteiger partial charge on any atom is 0.317 e. The van der Waals surface area contributed by atoms with E-state index in [-0.39, 0.29) is 12.4 Å². The lowest BCUT2D eigenvalue weighted by Gasteiger charge is -2.06. The number of nitrogens with zero attached hydrogens (tertiary/aromatic N) is 1. The van der Waals surface area contributed by atoms with Crippen LogP contribution < -0.4 is 4.74 Å². The molecule has 0 aromatic heterocycles. The number of para-hydroxylation sites is 1. The number of ether oxygens (including phenoxy) is 2. The van der Waals surface area contributed by atoms with Crippen LogP contribution in [0.3, 0.4) is 0 Å². The predicted octanol–water partition coefficient (Wildman–Crippen LogP) is 1.82. The molecule has 0 spiro atoms. The third kappa shape index (κ3) is 5.27. The van der Waals surface area contributed by atoms with Crippen molar-refractivity contribution in [3.63, 3.8) is 0 Å². The van der Waals surface area contributed by atoms with Crippen molar-refractivity contribution in [2.75, 3.05) is 19.0 Å². The van der Waals surface area contributed by atoms with Gasteiger partial charge in [-0.15, -0.1) is 0 Å². The number of carbonyl (C=O) groups is 1. The van der Waals surface area contributed by atoms with E-state index in [4.69, 9.17) is 14.7 Å². The number of hydrogen-bond donors (Lipinski definition) is 0. The van der Waals surface area contributed by atoms with Crippen molar-refractivity contribution < 1.29 is 14.3 Å². The summed E-state index contributed by atoms with van der Waals surface area (Å²) in [5, 5.41) is 10.0. The zero-order chi connectivity index (χ0) is 11.6. The molecule has 1 rings (SSSR count). The number of carbonyl (C=O) groups excluding carboxylic acids is 1. The van der Waals surface area contributed by atoms with E-state index in [2.05, 4.69) is 0 Å². The Balaban J connectivity index is 2.08. The lowest BCUT2D eigenvalue weighted by molar-refractivity contribution is -0.141. The highest BCUT2D eigenvalue weighted by atomic mass is 32.2. The average molecular weight is 237 g/mol. The molecule has 1 aromatic carbocycles. The van der Waals surface area contributed by atoms with Gasteiger partial charge >= 0.3 is 5.97 Å². The van der Waals surface area contributed by atoms with Crippen LogP contribution in [0.5, 0.6) is 5.75 Å². The molecule has 4 nitrogen and oxygen atoms in total. The second-order valence-corrected chi connectivity index (χ2v) is 3.52. The minimum absolute atomic E-state index is 0.0574. The maximum absolute atomic E-state index is 11.0. The Morgan fingerprint density at radius 3 is 2.75 bits per heavy atom. The Hall–Kier alpha value is -1.67. The second kappa shape index (κ2) is 7.60. The molecule has 0 radical (unpaired) electrons. The highest BCUT2D eigenvalue weighted by molar-refractivity contribution is 8.04. The number of benzene rings is 1. The van der Waals surface area contributed by atoms with Crippen LogP contribution >= 0.6 is 11.8 Å². The van der Waals surface area contributed by atoms with Gasteiger partial charge in [-0.3, -0.25) is 4.79 Å². The summed E-state index contributed by atoms with van der Waals surface area (Å²) in [6.45, 7) is 0.507. The third-order valence-corrected chi connectivity index (χ3v) is 2.12. The number of nitriles is 1. The molecule has 5 heteroatoms. The highest BCUT2D eigenvalue weighted by Crippen LogP contribution is 2.07. The summed E-state index contributed by atoms with van der Waals surface area (Å²) >= 11 is 0.861. The van der Waals surface area contributed by atoms with Crippen molar-refractivity contribution in [1.82, 2.24) is 0 Å². The van der Waals surface area contributed by atoms with Crippen molar-refractivity contribution in [2.24, 2.45) is 0 Å². The van der Waals surface area contributed by atoms with Gasteiger partial charge in [-0.05, 0) is 23.9 Å². The van der Waals surface area contributed by atoms with Gasteiger partial charge in [-0.2, -0.15) is 5.26 Å². The quantitative estimate of drug-likeness (QED) is 0.429. The SMILES string of the molecule is N#CSCC(=O)OCCOc1ccccc1. The summed E-state index contributed by atoms with van der Waals surface area (Å²) in [7, 11) is 0. The van der Waals surface area contributed by atoms with Gasteiger partial charge in [0, 0.05) is 0 Å². The van der Waals surface area contributed by atoms with Crippen LogP contribution in [0, 0.1) is 10.7 Å². The minimum atomic E-state index is -0.400. The second-order valence-electron chi connectivity index (χ2n) is 2.76. The standard InChI is InChI=1S/C11H11NO3S/c12-9-16-8-11(13)15-7-6-14-10-4-2-1-3-5-10/h1-5H,6-8H2. The first-order chi connectivity index (χ1) is 7.83. The van der Waals surface area contributed by atoms with Crippen molar-refractivity contribution in [1.29, 1.82) is 5.26 Å².